The average Bonchev–Trinajstić information content (AvgIpc) is 3.31. The SMILES string of the molecule is COc1cccc(S(=O)(=O)N2CCN(c3ccc4c(c3)CCN(C3CCCC3)CC4)CC2)c1. The van der Waals surface area contributed by atoms with E-state index in [-0.39, 0.29) is 0 Å². The highest BCUT2D eigenvalue weighted by atomic mass is 32.2. The molecule has 0 atom stereocenters. The quantitative estimate of drug-likeness (QED) is 0.670. The van der Waals surface area contributed by atoms with Crippen LogP contribution in [0, 0.1) is 0 Å². The second kappa shape index (κ2) is 9.65. The fourth-order valence-corrected chi connectivity index (χ4v) is 7.12. The predicted molar refractivity (Wildman–Crippen MR) is 132 cm³/mol. The van der Waals surface area contributed by atoms with Gasteiger partial charge in [-0.2, -0.15) is 4.31 Å². The minimum absolute atomic E-state index is 0.298. The predicted octanol–water partition coefficient (Wildman–Crippen LogP) is 3.55. The van der Waals surface area contributed by atoms with Crippen LogP contribution in [0.4, 0.5) is 5.69 Å². The molecule has 2 aromatic rings. The summed E-state index contributed by atoms with van der Waals surface area (Å²) in [5.74, 6) is 0.561. The van der Waals surface area contributed by atoms with Crippen LogP contribution >= 0.6 is 0 Å². The van der Waals surface area contributed by atoms with Crippen molar-refractivity contribution in [2.24, 2.45) is 0 Å². The first kappa shape index (κ1) is 22.7. The lowest BCUT2D eigenvalue weighted by Gasteiger charge is -2.35. The molecule has 2 aromatic carbocycles. The summed E-state index contributed by atoms with van der Waals surface area (Å²) < 4.78 is 33.0. The maximum Gasteiger partial charge on any atom is 0.243 e. The molecular formula is C26H35N3O3S. The highest BCUT2D eigenvalue weighted by Gasteiger charge is 2.29. The van der Waals surface area contributed by atoms with Gasteiger partial charge < -0.3 is 9.64 Å². The summed E-state index contributed by atoms with van der Waals surface area (Å²) in [5.41, 5.74) is 4.18. The van der Waals surface area contributed by atoms with Crippen LogP contribution in [-0.4, -0.2) is 70.0 Å². The van der Waals surface area contributed by atoms with Crippen molar-refractivity contribution in [3.8, 4) is 5.75 Å². The first-order valence-corrected chi connectivity index (χ1v) is 13.7. The number of hydrogen-bond donors (Lipinski definition) is 0. The molecule has 178 valence electrons. The Balaban J connectivity index is 1.24. The molecule has 2 fully saturated rings. The normalized spacial score (nSPS) is 21.1. The minimum Gasteiger partial charge on any atom is -0.497 e. The zero-order chi connectivity index (χ0) is 22.8. The number of ether oxygens (including phenoxy) is 1. The molecule has 0 spiro atoms. The Kier molecular flexibility index (Phi) is 6.63. The van der Waals surface area contributed by atoms with Crippen LogP contribution in [0.5, 0.6) is 5.75 Å². The zero-order valence-electron chi connectivity index (χ0n) is 19.6. The second-order valence-electron chi connectivity index (χ2n) is 9.50. The molecule has 0 aromatic heterocycles. The van der Waals surface area contributed by atoms with E-state index < -0.39 is 10.0 Å². The standard InChI is InChI=1S/C26H35N3O3S/c1-32-25-7-4-8-26(20-25)33(30,31)29-17-15-28(16-18-29)24-10-9-21-11-13-27(14-12-22(21)19-24)23-5-2-3-6-23/h4,7-10,19-20,23H,2-3,5-6,11-18H2,1H3. The van der Waals surface area contributed by atoms with Gasteiger partial charge in [0.2, 0.25) is 10.0 Å². The zero-order valence-corrected chi connectivity index (χ0v) is 20.4. The number of sulfonamides is 1. The molecule has 1 saturated carbocycles. The van der Waals surface area contributed by atoms with E-state index in [9.17, 15) is 8.42 Å². The van der Waals surface area contributed by atoms with Crippen molar-refractivity contribution in [2.45, 2.75) is 49.5 Å². The summed E-state index contributed by atoms with van der Waals surface area (Å²) in [6.45, 7) is 4.73. The van der Waals surface area contributed by atoms with Crippen molar-refractivity contribution < 1.29 is 13.2 Å². The Morgan fingerprint density at radius 3 is 2.30 bits per heavy atom. The molecule has 0 amide bonds. The third kappa shape index (κ3) is 4.77. The first-order valence-electron chi connectivity index (χ1n) is 12.3. The van der Waals surface area contributed by atoms with Crippen LogP contribution in [0.2, 0.25) is 0 Å². The third-order valence-corrected chi connectivity index (χ3v) is 9.55. The van der Waals surface area contributed by atoms with Gasteiger partial charge in [-0.3, -0.25) is 4.90 Å². The summed E-state index contributed by atoms with van der Waals surface area (Å²) in [5, 5.41) is 0. The van der Waals surface area contributed by atoms with E-state index in [0.29, 0.717) is 36.8 Å². The molecular weight excluding hydrogens is 434 g/mol. The maximum absolute atomic E-state index is 13.1. The lowest BCUT2D eigenvalue weighted by molar-refractivity contribution is 0.208. The van der Waals surface area contributed by atoms with E-state index >= 15 is 0 Å². The first-order chi connectivity index (χ1) is 16.0. The van der Waals surface area contributed by atoms with Crippen LogP contribution in [0.3, 0.4) is 0 Å². The number of benzene rings is 2. The average molecular weight is 470 g/mol. The van der Waals surface area contributed by atoms with Gasteiger partial charge in [0.1, 0.15) is 5.75 Å². The summed E-state index contributed by atoms with van der Waals surface area (Å²) in [7, 11) is -1.96. The Morgan fingerprint density at radius 2 is 1.58 bits per heavy atom. The van der Waals surface area contributed by atoms with Gasteiger partial charge in [-0.1, -0.05) is 25.0 Å². The molecule has 1 saturated heterocycles. The molecule has 2 aliphatic heterocycles. The number of piperazine rings is 1. The Bertz CT molecular complexity index is 1070. The Labute approximate surface area is 198 Å². The van der Waals surface area contributed by atoms with E-state index in [1.165, 1.54) is 49.0 Å². The van der Waals surface area contributed by atoms with Gasteiger partial charge in [0.05, 0.1) is 12.0 Å². The van der Waals surface area contributed by atoms with E-state index in [0.717, 1.165) is 25.4 Å². The number of rotatable bonds is 5. The van der Waals surface area contributed by atoms with Crippen molar-refractivity contribution in [3.63, 3.8) is 0 Å². The minimum atomic E-state index is -3.51. The summed E-state index contributed by atoms with van der Waals surface area (Å²) in [6.07, 6.45) is 7.76. The van der Waals surface area contributed by atoms with Crippen molar-refractivity contribution in [3.05, 3.63) is 53.6 Å². The van der Waals surface area contributed by atoms with Crippen LogP contribution in [0.25, 0.3) is 0 Å². The largest absolute Gasteiger partial charge is 0.497 e. The third-order valence-electron chi connectivity index (χ3n) is 7.65. The Morgan fingerprint density at radius 1 is 0.848 bits per heavy atom. The van der Waals surface area contributed by atoms with Crippen molar-refractivity contribution >= 4 is 15.7 Å². The van der Waals surface area contributed by atoms with Gasteiger partial charge in [-0.15, -0.1) is 0 Å². The number of anilines is 1. The molecule has 7 heteroatoms. The van der Waals surface area contributed by atoms with Gasteiger partial charge in [0, 0.05) is 57.1 Å². The second-order valence-corrected chi connectivity index (χ2v) is 11.4. The molecule has 0 unspecified atom stereocenters. The molecule has 0 radical (unpaired) electrons. The smallest absolute Gasteiger partial charge is 0.243 e. The molecule has 1 aliphatic carbocycles. The summed E-state index contributed by atoms with van der Waals surface area (Å²) >= 11 is 0. The van der Waals surface area contributed by atoms with Gasteiger partial charge in [0.15, 0.2) is 0 Å². The van der Waals surface area contributed by atoms with Gasteiger partial charge in [-0.05, 0) is 61.1 Å². The maximum atomic E-state index is 13.1. The highest BCUT2D eigenvalue weighted by Crippen LogP contribution is 2.29. The van der Waals surface area contributed by atoms with Gasteiger partial charge in [0.25, 0.3) is 0 Å². The lowest BCUT2D eigenvalue weighted by atomic mass is 10.0. The number of methoxy groups -OCH3 is 1. The molecule has 0 bridgehead atoms. The van der Waals surface area contributed by atoms with Crippen molar-refractivity contribution in [1.29, 1.82) is 0 Å². The van der Waals surface area contributed by atoms with E-state index in [1.54, 1.807) is 35.7 Å². The fourth-order valence-electron chi connectivity index (χ4n) is 5.66. The molecule has 0 N–H and O–H groups in total. The van der Waals surface area contributed by atoms with Crippen LogP contribution in [-0.2, 0) is 22.9 Å². The van der Waals surface area contributed by atoms with E-state index in [1.807, 2.05) is 0 Å². The van der Waals surface area contributed by atoms with Crippen molar-refractivity contribution in [2.75, 3.05) is 51.3 Å². The molecule has 2 heterocycles. The van der Waals surface area contributed by atoms with Gasteiger partial charge in [-0.25, -0.2) is 8.42 Å². The van der Waals surface area contributed by atoms with Gasteiger partial charge >= 0.3 is 0 Å². The molecule has 33 heavy (non-hydrogen) atoms. The Hall–Kier alpha value is -2.09. The summed E-state index contributed by atoms with van der Waals surface area (Å²) in [6, 6.07) is 14.4. The van der Waals surface area contributed by atoms with Crippen LogP contribution in [0.1, 0.15) is 36.8 Å². The molecule has 5 rings (SSSR count). The van der Waals surface area contributed by atoms with E-state index in [2.05, 4.69) is 28.0 Å². The lowest BCUT2D eigenvalue weighted by Crippen LogP contribution is -2.48. The fraction of sp³-hybridized carbons (Fsp3) is 0.538. The van der Waals surface area contributed by atoms with Crippen LogP contribution in [0.15, 0.2) is 47.4 Å². The summed E-state index contributed by atoms with van der Waals surface area (Å²) in [4.78, 5) is 5.35. The topological polar surface area (TPSA) is 53.1 Å². The highest BCUT2D eigenvalue weighted by molar-refractivity contribution is 7.89. The monoisotopic (exact) mass is 469 g/mol. The molecule has 6 nitrogen and oxygen atoms in total. The van der Waals surface area contributed by atoms with E-state index in [4.69, 9.17) is 4.74 Å². The van der Waals surface area contributed by atoms with Crippen LogP contribution < -0.4 is 9.64 Å². The number of nitrogens with zero attached hydrogens (tertiary/aromatic N) is 3. The van der Waals surface area contributed by atoms with Crippen molar-refractivity contribution in [1.82, 2.24) is 9.21 Å². The number of fused-ring (bicyclic) bond motifs is 1. The number of hydrogen-bond acceptors (Lipinski definition) is 5. The molecule has 3 aliphatic rings.